The van der Waals surface area contributed by atoms with E-state index in [9.17, 15) is 14.4 Å². The number of carbonyl (C=O) groups is 3. The molecule has 1 atom stereocenters. The highest BCUT2D eigenvalue weighted by atomic mass is 16.4. The Bertz CT molecular complexity index is 267. The molecule has 0 heterocycles. The number of primary amides is 1. The maximum absolute atomic E-state index is 11.2. The molecule has 5 N–H and O–H groups in total. The Kier molecular flexibility index (Phi) is 6.66. The fraction of sp³-hybridized carbons (Fsp3) is 0.667. The average molecular weight is 231 g/mol. The van der Waals surface area contributed by atoms with Gasteiger partial charge in [0, 0.05) is 13.0 Å². The van der Waals surface area contributed by atoms with Gasteiger partial charge in [-0.1, -0.05) is 13.3 Å². The Balaban J connectivity index is 3.90. The van der Waals surface area contributed by atoms with Crippen LogP contribution < -0.4 is 16.4 Å². The zero-order valence-corrected chi connectivity index (χ0v) is 9.16. The van der Waals surface area contributed by atoms with Gasteiger partial charge in [0.05, 0.1) is 0 Å². The van der Waals surface area contributed by atoms with Gasteiger partial charge in [0.15, 0.2) is 0 Å². The normalized spacial score (nSPS) is 11.6. The number of urea groups is 1. The largest absolute Gasteiger partial charge is 0.480 e. The quantitative estimate of drug-likeness (QED) is 0.468. The molecule has 92 valence electrons. The van der Waals surface area contributed by atoms with Gasteiger partial charge in [-0.15, -0.1) is 0 Å². The average Bonchev–Trinajstić information content (AvgIpc) is 2.16. The molecule has 7 nitrogen and oxygen atoms in total. The molecule has 1 unspecified atom stereocenters. The fourth-order valence-corrected chi connectivity index (χ4v) is 1.05. The molecule has 0 saturated heterocycles. The molecule has 0 spiro atoms. The van der Waals surface area contributed by atoms with Crippen LogP contribution in [0.25, 0.3) is 0 Å². The van der Waals surface area contributed by atoms with Crippen molar-refractivity contribution < 1.29 is 19.5 Å². The van der Waals surface area contributed by atoms with E-state index >= 15 is 0 Å². The number of hydrogen-bond donors (Lipinski definition) is 4. The van der Waals surface area contributed by atoms with Crippen molar-refractivity contribution in [3.63, 3.8) is 0 Å². The molecule has 0 saturated carbocycles. The van der Waals surface area contributed by atoms with Crippen LogP contribution in [-0.2, 0) is 9.59 Å². The summed E-state index contributed by atoms with van der Waals surface area (Å²) in [6.45, 7) is 1.92. The first-order valence-corrected chi connectivity index (χ1v) is 5.02. The summed E-state index contributed by atoms with van der Waals surface area (Å²) in [5.41, 5.74) is 4.87. The van der Waals surface area contributed by atoms with E-state index in [2.05, 4.69) is 10.6 Å². The summed E-state index contributed by atoms with van der Waals surface area (Å²) in [6, 6.07) is -1.51. The zero-order valence-electron chi connectivity index (χ0n) is 9.16. The van der Waals surface area contributed by atoms with Crippen molar-refractivity contribution in [2.75, 3.05) is 6.54 Å². The first-order valence-electron chi connectivity index (χ1n) is 5.02. The van der Waals surface area contributed by atoms with Crippen LogP contribution >= 0.6 is 0 Å². The Morgan fingerprint density at radius 2 is 2.00 bits per heavy atom. The van der Waals surface area contributed by atoms with Crippen LogP contribution in [0.3, 0.4) is 0 Å². The molecule has 0 aromatic rings. The van der Waals surface area contributed by atoms with E-state index in [1.807, 2.05) is 6.92 Å². The number of nitrogens with one attached hydrogen (secondary N) is 2. The molecular formula is C9H17N3O4. The van der Waals surface area contributed by atoms with Gasteiger partial charge in [-0.2, -0.15) is 0 Å². The number of rotatable bonds is 7. The highest BCUT2D eigenvalue weighted by Gasteiger charge is 2.18. The van der Waals surface area contributed by atoms with Crippen LogP contribution in [0.5, 0.6) is 0 Å². The number of aliphatic carboxylic acids is 1. The van der Waals surface area contributed by atoms with Crippen LogP contribution in [0.2, 0.25) is 0 Å². The van der Waals surface area contributed by atoms with Gasteiger partial charge < -0.3 is 21.5 Å². The number of hydrogen-bond acceptors (Lipinski definition) is 3. The maximum Gasteiger partial charge on any atom is 0.326 e. The van der Waals surface area contributed by atoms with Crippen LogP contribution in [-0.4, -0.2) is 35.6 Å². The fourth-order valence-electron chi connectivity index (χ4n) is 1.05. The van der Waals surface area contributed by atoms with Gasteiger partial charge in [0.25, 0.3) is 0 Å². The second-order valence-corrected chi connectivity index (χ2v) is 3.30. The molecule has 0 aliphatic rings. The first-order chi connectivity index (χ1) is 7.47. The zero-order chi connectivity index (χ0) is 12.6. The summed E-state index contributed by atoms with van der Waals surface area (Å²) in [7, 11) is 0. The molecule has 3 amide bonds. The van der Waals surface area contributed by atoms with E-state index in [1.165, 1.54) is 0 Å². The minimum atomic E-state index is -1.08. The number of carbonyl (C=O) groups excluding carboxylic acids is 2. The van der Waals surface area contributed by atoms with Crippen LogP contribution in [0.15, 0.2) is 0 Å². The third kappa shape index (κ3) is 6.63. The van der Waals surface area contributed by atoms with Crippen molar-refractivity contribution in [1.29, 1.82) is 0 Å². The van der Waals surface area contributed by atoms with Gasteiger partial charge in [-0.3, -0.25) is 4.79 Å². The van der Waals surface area contributed by atoms with Gasteiger partial charge in [0.2, 0.25) is 5.91 Å². The standard InChI is InChI=1S/C9H17N3O4/c1-2-3-6(8(14)15)12-9(16)11-5-4-7(10)13/h6H,2-5H2,1H3,(H2,10,13)(H,14,15)(H2,11,12,16). The Morgan fingerprint density at radius 1 is 1.38 bits per heavy atom. The summed E-state index contributed by atoms with van der Waals surface area (Å²) < 4.78 is 0. The number of carboxylic acids is 1. The SMILES string of the molecule is CCCC(NC(=O)NCCC(N)=O)C(=O)O. The van der Waals surface area contributed by atoms with Gasteiger partial charge in [-0.05, 0) is 6.42 Å². The van der Waals surface area contributed by atoms with Crippen LogP contribution in [0, 0.1) is 0 Å². The number of carboxylic acid groups (broad SMARTS) is 1. The summed E-state index contributed by atoms with van der Waals surface area (Å²) in [5.74, 6) is -1.60. The maximum atomic E-state index is 11.2. The Morgan fingerprint density at radius 3 is 2.44 bits per heavy atom. The molecule has 0 fully saturated rings. The third-order valence-corrected chi connectivity index (χ3v) is 1.84. The van der Waals surface area contributed by atoms with E-state index in [-0.39, 0.29) is 13.0 Å². The molecule has 0 aliphatic heterocycles. The minimum absolute atomic E-state index is 0.0267. The monoisotopic (exact) mass is 231 g/mol. The molecule has 0 bridgehead atoms. The molecule has 7 heteroatoms. The summed E-state index contributed by atoms with van der Waals surface area (Å²) in [4.78, 5) is 32.2. The predicted octanol–water partition coefficient (Wildman–Crippen LogP) is -0.586. The van der Waals surface area contributed by atoms with Crippen molar-refractivity contribution in [3.8, 4) is 0 Å². The molecule has 0 rings (SSSR count). The van der Waals surface area contributed by atoms with Crippen molar-refractivity contribution in [2.45, 2.75) is 32.2 Å². The van der Waals surface area contributed by atoms with Crippen LogP contribution in [0.4, 0.5) is 4.79 Å². The van der Waals surface area contributed by atoms with Gasteiger partial charge >= 0.3 is 12.0 Å². The Hall–Kier alpha value is -1.79. The van der Waals surface area contributed by atoms with Gasteiger partial charge in [0.1, 0.15) is 6.04 Å². The van der Waals surface area contributed by atoms with Crippen molar-refractivity contribution in [3.05, 3.63) is 0 Å². The lowest BCUT2D eigenvalue weighted by Crippen LogP contribution is -2.46. The molecule has 0 aromatic carbocycles. The molecule has 0 aliphatic carbocycles. The molecular weight excluding hydrogens is 214 g/mol. The summed E-state index contributed by atoms with van der Waals surface area (Å²) in [6.07, 6.45) is 1.04. The second-order valence-electron chi connectivity index (χ2n) is 3.30. The highest BCUT2D eigenvalue weighted by Crippen LogP contribution is 1.96. The number of amides is 3. The minimum Gasteiger partial charge on any atom is -0.480 e. The third-order valence-electron chi connectivity index (χ3n) is 1.84. The highest BCUT2D eigenvalue weighted by molar-refractivity contribution is 5.82. The summed E-state index contributed by atoms with van der Waals surface area (Å²) >= 11 is 0. The van der Waals surface area contributed by atoms with E-state index in [0.29, 0.717) is 12.8 Å². The smallest absolute Gasteiger partial charge is 0.326 e. The first kappa shape index (κ1) is 14.2. The number of nitrogens with two attached hydrogens (primary N) is 1. The second kappa shape index (κ2) is 7.49. The van der Waals surface area contributed by atoms with E-state index in [0.717, 1.165) is 0 Å². The molecule has 0 aromatic heterocycles. The van der Waals surface area contributed by atoms with E-state index in [1.54, 1.807) is 0 Å². The van der Waals surface area contributed by atoms with Crippen molar-refractivity contribution in [1.82, 2.24) is 10.6 Å². The summed E-state index contributed by atoms with van der Waals surface area (Å²) in [5, 5.41) is 13.4. The lowest BCUT2D eigenvalue weighted by atomic mass is 10.2. The van der Waals surface area contributed by atoms with E-state index < -0.39 is 23.9 Å². The Labute approximate surface area is 93.4 Å². The predicted molar refractivity (Wildman–Crippen MR) is 56.7 cm³/mol. The lowest BCUT2D eigenvalue weighted by molar-refractivity contribution is -0.139. The van der Waals surface area contributed by atoms with Crippen LogP contribution in [0.1, 0.15) is 26.2 Å². The molecule has 16 heavy (non-hydrogen) atoms. The molecule has 0 radical (unpaired) electrons. The lowest BCUT2D eigenvalue weighted by Gasteiger charge is -2.13. The van der Waals surface area contributed by atoms with Gasteiger partial charge in [-0.25, -0.2) is 9.59 Å². The van der Waals surface area contributed by atoms with Crippen molar-refractivity contribution in [2.24, 2.45) is 5.73 Å². The van der Waals surface area contributed by atoms with Crippen molar-refractivity contribution >= 4 is 17.9 Å². The van der Waals surface area contributed by atoms with E-state index in [4.69, 9.17) is 10.8 Å². The topological polar surface area (TPSA) is 122 Å².